The lowest BCUT2D eigenvalue weighted by Crippen LogP contribution is -2.54. The molecule has 12 N–H and O–H groups in total. The lowest BCUT2D eigenvalue weighted by atomic mass is 10.1. The molecule has 0 aliphatic heterocycles. The van der Waals surface area contributed by atoms with Gasteiger partial charge < -0.3 is 74.8 Å². The number of methoxy groups -OCH3 is 2. The molecule has 478 valence electrons. The van der Waals surface area contributed by atoms with Gasteiger partial charge in [0, 0.05) is 14.2 Å². The Kier molecular flexibility index (Phi) is 34.5. The van der Waals surface area contributed by atoms with Crippen molar-refractivity contribution in [3.8, 4) is 0 Å². The molecular weight excluding hydrogens is 1140 g/mol. The number of hydrogen-bond donors (Lipinski definition) is 8. The highest BCUT2D eigenvalue weighted by Crippen LogP contribution is 2.42. The molecule has 4 heterocycles. The number of fused-ring (bicyclic) bond motifs is 2. The van der Waals surface area contributed by atoms with E-state index < -0.39 is 67.1 Å². The van der Waals surface area contributed by atoms with E-state index in [1.807, 2.05) is 13.8 Å². The van der Waals surface area contributed by atoms with Crippen LogP contribution in [0.4, 0.5) is 11.6 Å². The average Bonchev–Trinajstić information content (AvgIpc) is 4.01. The maximum Gasteiger partial charge on any atom is 0.350 e. The van der Waals surface area contributed by atoms with Gasteiger partial charge in [-0.05, 0) is 95.9 Å². The molecule has 3 atom stereocenters. The molecule has 0 aliphatic rings. The fraction of sp³-hybridized carbons (Fsp3) is 0.750. The first-order valence-corrected chi connectivity index (χ1v) is 31.2. The standard InChI is InChI=1S/C28H50N7O7P.C10H19ClO2.C9H14N5O4P.C5H12O2.H3N/c1-10-11-12-13-14-40-24(36)27(5,6)33-43(38,34-28(7,8)25(37)41-16-26(3,4)39-9)19-42-20(2)15-35-18-32-21-22(29)30-17-31-23(21)35;1-4-5-6-7-8-13-9(12)10(2,3)11;1-6(18-5-19(15,16)17)2-14-4-13-7-8(10)11-3-12-9(7)14;1-5(2,4-6)7-3;/h17-18,20H,10-16,19H2,1-9H3,(H2,29,30,31)(H2,33,34,38);4-8H2,1-3H3;3-4,6H,2,5H2,1H3,(H2,10,11,12)(H2,15,16,17);6H,4H2,1-3H3;1H3/t20-,43?;;6-;;/m1.1../s1. The van der Waals surface area contributed by atoms with E-state index in [9.17, 15) is 23.5 Å². The molecule has 4 aromatic heterocycles. The lowest BCUT2D eigenvalue weighted by molar-refractivity contribution is -0.157. The van der Waals surface area contributed by atoms with E-state index in [0.29, 0.717) is 42.0 Å². The molecule has 0 spiro atoms. The van der Waals surface area contributed by atoms with Gasteiger partial charge in [-0.25, -0.2) is 40.1 Å². The van der Waals surface area contributed by atoms with Crippen molar-refractivity contribution in [3.05, 3.63) is 25.3 Å². The van der Waals surface area contributed by atoms with Gasteiger partial charge in [-0.3, -0.25) is 23.5 Å². The zero-order valence-electron chi connectivity index (χ0n) is 51.7. The van der Waals surface area contributed by atoms with E-state index in [2.05, 4.69) is 53.9 Å². The Labute approximate surface area is 494 Å². The number of imidazole rings is 2. The number of unbranched alkanes of at least 4 members (excludes halogenated alkanes) is 6. The number of alkyl halides is 1. The molecule has 83 heavy (non-hydrogen) atoms. The number of nitrogens with zero attached hydrogens (tertiary/aromatic N) is 8. The third-order valence-corrected chi connectivity index (χ3v) is 14.8. The highest BCUT2D eigenvalue weighted by atomic mass is 35.5. The van der Waals surface area contributed by atoms with Crippen molar-refractivity contribution in [1.29, 1.82) is 0 Å². The van der Waals surface area contributed by atoms with Crippen LogP contribution in [0, 0.1) is 0 Å². The third-order valence-electron chi connectivity index (χ3n) is 11.8. The molecule has 0 saturated heterocycles. The maximum atomic E-state index is 14.4. The number of carbonyl (C=O) groups excluding carboxylic acids is 3. The summed E-state index contributed by atoms with van der Waals surface area (Å²) in [4.78, 5) is 78.2. The van der Waals surface area contributed by atoms with E-state index in [0.717, 1.165) is 38.5 Å². The highest BCUT2D eigenvalue weighted by molar-refractivity contribution is 7.59. The first kappa shape index (κ1) is 78.5. The van der Waals surface area contributed by atoms with Crippen LogP contribution in [0.1, 0.15) is 148 Å². The first-order valence-electron chi connectivity index (χ1n) is 27.1. The van der Waals surface area contributed by atoms with Crippen LogP contribution in [-0.4, -0.2) is 165 Å². The summed E-state index contributed by atoms with van der Waals surface area (Å²) in [5.74, 6) is -0.995. The number of aliphatic hydroxyl groups excluding tert-OH is 1. The molecule has 0 bridgehead atoms. The summed E-state index contributed by atoms with van der Waals surface area (Å²) in [6.45, 7) is 26.0. The molecule has 0 fully saturated rings. The van der Waals surface area contributed by atoms with Crippen molar-refractivity contribution in [2.45, 2.75) is 201 Å². The smallest absolute Gasteiger partial charge is 0.350 e. The Morgan fingerprint density at radius 2 is 1.02 bits per heavy atom. The van der Waals surface area contributed by atoms with Crippen LogP contribution in [0.3, 0.4) is 0 Å². The Hall–Kier alpha value is -4.54. The Bertz CT molecular complexity index is 2640. The zero-order valence-corrected chi connectivity index (χ0v) is 54.3. The number of ether oxygens (including phenoxy) is 7. The second-order valence-corrected chi connectivity index (χ2v) is 27.0. The number of rotatable bonds is 32. The highest BCUT2D eigenvalue weighted by Gasteiger charge is 2.43. The summed E-state index contributed by atoms with van der Waals surface area (Å²) in [5, 5.41) is 14.3. The summed E-state index contributed by atoms with van der Waals surface area (Å²) in [6.07, 6.45) is 12.2. The summed E-state index contributed by atoms with van der Waals surface area (Å²) in [6, 6.07) is 0. The Morgan fingerprint density at radius 1 is 0.627 bits per heavy atom. The number of nitrogen functional groups attached to an aromatic ring is 2. The van der Waals surface area contributed by atoms with E-state index in [1.54, 1.807) is 91.8 Å². The second kappa shape index (κ2) is 36.5. The van der Waals surface area contributed by atoms with Gasteiger partial charge in [0.2, 0.25) is 7.44 Å². The minimum absolute atomic E-state index is 0. The summed E-state index contributed by atoms with van der Waals surface area (Å²) in [7, 11) is -4.87. The lowest BCUT2D eigenvalue weighted by Gasteiger charge is -2.36. The number of carbonyl (C=O) groups is 3. The summed E-state index contributed by atoms with van der Waals surface area (Å²) < 4.78 is 65.8. The minimum atomic E-state index is -4.16. The predicted molar refractivity (Wildman–Crippen MR) is 320 cm³/mol. The predicted octanol–water partition coefficient (Wildman–Crippen LogP) is 7.43. The van der Waals surface area contributed by atoms with Crippen molar-refractivity contribution < 1.29 is 71.6 Å². The van der Waals surface area contributed by atoms with E-state index in [1.165, 1.54) is 38.9 Å². The molecule has 4 aromatic rings. The SMILES string of the molecule is CCCCCCOC(=O)C(C)(C)Cl.CCCCCCOC(=O)C(C)(C)NP(=O)(CO[C@H](C)Cn1cnc2c(N)ncnc21)NC(C)(C)C(=O)OCC(C)(C)OC.COC(C)(C)CO.C[C@H](Cn1cnc2c(N)ncnc21)OCP(=O)(O)O.N. The van der Waals surface area contributed by atoms with Gasteiger partial charge in [0.05, 0.1) is 69.0 Å². The van der Waals surface area contributed by atoms with Gasteiger partial charge in [-0.2, -0.15) is 0 Å². The third kappa shape index (κ3) is 30.4. The fourth-order valence-electron chi connectivity index (χ4n) is 6.55. The van der Waals surface area contributed by atoms with Crippen LogP contribution in [0.15, 0.2) is 25.3 Å². The van der Waals surface area contributed by atoms with Gasteiger partial charge in [-0.1, -0.05) is 52.4 Å². The monoisotopic (exact) mass is 1240 g/mol. The molecule has 4 rings (SSSR count). The van der Waals surface area contributed by atoms with Gasteiger partial charge in [-0.15, -0.1) is 11.6 Å². The van der Waals surface area contributed by atoms with Gasteiger partial charge >= 0.3 is 25.5 Å². The van der Waals surface area contributed by atoms with Crippen LogP contribution >= 0.6 is 26.6 Å². The average molecular weight is 1240 g/mol. The molecule has 1 unspecified atom stereocenters. The summed E-state index contributed by atoms with van der Waals surface area (Å²) in [5.41, 5.74) is 9.74. The minimum Gasteiger partial charge on any atom is -0.464 e. The molecule has 0 aliphatic carbocycles. The number of hydrogen-bond acceptors (Lipinski definition) is 22. The Balaban J connectivity index is 0.00000136. The Morgan fingerprint density at radius 3 is 1.39 bits per heavy atom. The van der Waals surface area contributed by atoms with Crippen LogP contribution in [0.25, 0.3) is 22.3 Å². The van der Waals surface area contributed by atoms with Gasteiger partial charge in [0.15, 0.2) is 22.9 Å². The van der Waals surface area contributed by atoms with Crippen LogP contribution < -0.4 is 27.8 Å². The number of nitrogens with two attached hydrogens (primary N) is 2. The van der Waals surface area contributed by atoms with Gasteiger partial charge in [0.1, 0.15) is 58.9 Å². The van der Waals surface area contributed by atoms with Crippen molar-refractivity contribution >= 4 is 78.5 Å². The number of aromatic nitrogens is 8. The molecule has 0 saturated carbocycles. The van der Waals surface area contributed by atoms with Crippen LogP contribution in [-0.2, 0) is 69.8 Å². The first-order chi connectivity index (χ1) is 37.9. The fourth-order valence-corrected chi connectivity index (χ4v) is 9.69. The number of halogens is 1. The molecule has 0 radical (unpaired) electrons. The van der Waals surface area contributed by atoms with Crippen LogP contribution in [0.2, 0.25) is 0 Å². The number of anilines is 2. The van der Waals surface area contributed by atoms with E-state index >= 15 is 0 Å². The molecule has 28 nitrogen and oxygen atoms in total. The van der Waals surface area contributed by atoms with E-state index in [4.69, 9.17) is 71.1 Å². The number of aliphatic hydroxyl groups is 1. The molecular formula is C52H98ClN13O15P2. The number of esters is 3. The summed E-state index contributed by atoms with van der Waals surface area (Å²) >= 11 is 5.75. The maximum absolute atomic E-state index is 14.4. The largest absolute Gasteiger partial charge is 0.464 e. The normalized spacial score (nSPS) is 13.6. The molecule has 0 amide bonds. The van der Waals surface area contributed by atoms with Crippen molar-refractivity contribution in [1.82, 2.24) is 55.4 Å². The van der Waals surface area contributed by atoms with Crippen LogP contribution in [0.5, 0.6) is 0 Å². The van der Waals surface area contributed by atoms with Crippen molar-refractivity contribution in [2.75, 3.05) is 64.8 Å². The van der Waals surface area contributed by atoms with E-state index in [-0.39, 0.29) is 55.5 Å². The van der Waals surface area contributed by atoms with Crippen molar-refractivity contribution in [2.24, 2.45) is 0 Å². The molecule has 31 heteroatoms. The quantitative estimate of drug-likeness (QED) is 0.00774. The van der Waals surface area contributed by atoms with Crippen molar-refractivity contribution in [3.63, 3.8) is 0 Å². The number of nitrogens with one attached hydrogen (secondary N) is 2. The molecule has 0 aromatic carbocycles. The topological polar surface area (TPSA) is 409 Å². The second-order valence-electron chi connectivity index (χ2n) is 22.3. The van der Waals surface area contributed by atoms with Gasteiger partial charge in [0.25, 0.3) is 0 Å². The zero-order chi connectivity index (χ0) is 62.8.